The summed E-state index contributed by atoms with van der Waals surface area (Å²) in [6.07, 6.45) is 4.20. The lowest BCUT2D eigenvalue weighted by Crippen LogP contribution is -2.46. The van der Waals surface area contributed by atoms with Crippen LogP contribution in [0.4, 0.5) is 0 Å². The van der Waals surface area contributed by atoms with Crippen LogP contribution in [0.15, 0.2) is 39.5 Å². The fraction of sp³-hybridized carbons (Fsp3) is 0.478. The predicted molar refractivity (Wildman–Crippen MR) is 109 cm³/mol. The summed E-state index contributed by atoms with van der Waals surface area (Å²) in [5, 5.41) is 0. The third-order valence-electron chi connectivity index (χ3n) is 6.34. The van der Waals surface area contributed by atoms with E-state index in [4.69, 9.17) is 4.42 Å². The van der Waals surface area contributed by atoms with Gasteiger partial charge in [0.25, 0.3) is 5.91 Å². The highest BCUT2D eigenvalue weighted by atomic mass is 16.4. The molecule has 1 unspecified atom stereocenters. The highest BCUT2D eigenvalue weighted by Crippen LogP contribution is 2.36. The molecule has 0 bridgehead atoms. The van der Waals surface area contributed by atoms with Crippen LogP contribution in [-0.4, -0.2) is 42.4 Å². The van der Waals surface area contributed by atoms with Gasteiger partial charge < -0.3 is 9.32 Å². The van der Waals surface area contributed by atoms with Gasteiger partial charge in [0.2, 0.25) is 0 Å². The van der Waals surface area contributed by atoms with E-state index in [0.29, 0.717) is 12.5 Å². The van der Waals surface area contributed by atoms with E-state index in [9.17, 15) is 9.59 Å². The summed E-state index contributed by atoms with van der Waals surface area (Å²) >= 11 is 0. The maximum absolute atomic E-state index is 13.0. The van der Waals surface area contributed by atoms with Crippen molar-refractivity contribution in [2.24, 2.45) is 0 Å². The maximum atomic E-state index is 13.0. The molecular weight excluding hydrogens is 352 g/mol. The highest BCUT2D eigenvalue weighted by molar-refractivity contribution is 5.95. The summed E-state index contributed by atoms with van der Waals surface area (Å²) in [5.41, 5.74) is 3.08. The Hall–Kier alpha value is -2.40. The lowest BCUT2D eigenvalue weighted by atomic mass is 9.83. The molecule has 28 heavy (non-hydrogen) atoms. The summed E-state index contributed by atoms with van der Waals surface area (Å²) in [7, 11) is 3.86. The standard InChI is InChI=1S/C23H28N2O3/c1-15-11-20(16-9-6-10-16)28-23(27)21(15)22(26)25(3)14-19-12-17-7-4-5-8-18(17)13-24(19)2/h4-5,7-8,11,16,19H,6,9-10,12-14H2,1-3H3. The number of hydrogen-bond acceptors (Lipinski definition) is 4. The van der Waals surface area contributed by atoms with Crippen LogP contribution in [0.3, 0.4) is 0 Å². The number of hydrogen-bond donors (Lipinski definition) is 0. The molecule has 0 radical (unpaired) electrons. The van der Waals surface area contributed by atoms with E-state index in [1.165, 1.54) is 17.5 Å². The molecule has 1 fully saturated rings. The van der Waals surface area contributed by atoms with Crippen LogP contribution < -0.4 is 5.63 Å². The van der Waals surface area contributed by atoms with Gasteiger partial charge in [-0.15, -0.1) is 0 Å². The second kappa shape index (κ2) is 7.55. The van der Waals surface area contributed by atoms with Gasteiger partial charge in [0.15, 0.2) is 0 Å². The molecule has 4 rings (SSSR count). The monoisotopic (exact) mass is 380 g/mol. The second-order valence-electron chi connectivity index (χ2n) is 8.35. The zero-order valence-corrected chi connectivity index (χ0v) is 16.9. The maximum Gasteiger partial charge on any atom is 0.349 e. The fourth-order valence-electron chi connectivity index (χ4n) is 4.30. The summed E-state index contributed by atoms with van der Waals surface area (Å²) < 4.78 is 5.51. The number of carbonyl (C=O) groups is 1. The zero-order chi connectivity index (χ0) is 19.8. The molecule has 148 valence electrons. The molecule has 1 atom stereocenters. The molecule has 1 aliphatic carbocycles. The quantitative estimate of drug-likeness (QED) is 0.816. The topological polar surface area (TPSA) is 53.8 Å². The number of likely N-dealkylation sites (N-methyl/N-ethyl adjacent to an activating group) is 2. The Balaban J connectivity index is 1.50. The molecule has 1 saturated carbocycles. The Kier molecular flexibility index (Phi) is 5.11. The van der Waals surface area contributed by atoms with Crippen LogP contribution in [0.2, 0.25) is 0 Å². The van der Waals surface area contributed by atoms with Crippen LogP contribution in [0, 0.1) is 6.92 Å². The Bertz CT molecular complexity index is 945. The molecule has 5 nitrogen and oxygen atoms in total. The van der Waals surface area contributed by atoms with E-state index < -0.39 is 5.63 Å². The molecule has 2 aromatic rings. The van der Waals surface area contributed by atoms with E-state index in [2.05, 4.69) is 36.2 Å². The first-order valence-corrected chi connectivity index (χ1v) is 10.1. The van der Waals surface area contributed by atoms with Gasteiger partial charge in [0.1, 0.15) is 11.3 Å². The molecular formula is C23H28N2O3. The largest absolute Gasteiger partial charge is 0.427 e. The van der Waals surface area contributed by atoms with E-state index in [-0.39, 0.29) is 17.5 Å². The summed E-state index contributed by atoms with van der Waals surface area (Å²) in [4.78, 5) is 29.5. The van der Waals surface area contributed by atoms with Gasteiger partial charge in [-0.3, -0.25) is 9.69 Å². The molecule has 1 amide bonds. The van der Waals surface area contributed by atoms with Crippen molar-refractivity contribution in [1.29, 1.82) is 0 Å². The van der Waals surface area contributed by atoms with E-state index >= 15 is 0 Å². The van der Waals surface area contributed by atoms with Crippen molar-refractivity contribution >= 4 is 5.91 Å². The molecule has 1 aliphatic heterocycles. The van der Waals surface area contributed by atoms with Gasteiger partial charge in [0, 0.05) is 32.1 Å². The first-order chi connectivity index (χ1) is 13.4. The van der Waals surface area contributed by atoms with Crippen LogP contribution in [0.25, 0.3) is 0 Å². The molecule has 5 heteroatoms. The van der Waals surface area contributed by atoms with E-state index in [1.807, 2.05) is 13.0 Å². The van der Waals surface area contributed by atoms with Crippen molar-refractivity contribution in [2.45, 2.75) is 51.1 Å². The molecule has 2 heterocycles. The second-order valence-corrected chi connectivity index (χ2v) is 8.35. The first-order valence-electron chi connectivity index (χ1n) is 10.1. The molecule has 0 spiro atoms. The van der Waals surface area contributed by atoms with E-state index in [0.717, 1.165) is 37.1 Å². The smallest absolute Gasteiger partial charge is 0.349 e. The van der Waals surface area contributed by atoms with Gasteiger partial charge in [-0.1, -0.05) is 30.7 Å². The first kappa shape index (κ1) is 18.9. The van der Waals surface area contributed by atoms with Gasteiger partial charge in [-0.25, -0.2) is 4.79 Å². The minimum atomic E-state index is -0.499. The van der Waals surface area contributed by atoms with Gasteiger partial charge >= 0.3 is 5.63 Å². The molecule has 1 aromatic carbocycles. The lowest BCUT2D eigenvalue weighted by Gasteiger charge is -2.36. The minimum absolute atomic E-state index is 0.171. The third-order valence-corrected chi connectivity index (χ3v) is 6.34. The number of rotatable bonds is 4. The van der Waals surface area contributed by atoms with Crippen molar-refractivity contribution in [3.05, 3.63) is 68.8 Å². The fourth-order valence-corrected chi connectivity index (χ4v) is 4.30. The van der Waals surface area contributed by atoms with Crippen molar-refractivity contribution in [3.63, 3.8) is 0 Å². The van der Waals surface area contributed by atoms with Crippen molar-refractivity contribution in [1.82, 2.24) is 9.80 Å². The van der Waals surface area contributed by atoms with Gasteiger partial charge in [-0.2, -0.15) is 0 Å². The van der Waals surface area contributed by atoms with E-state index in [1.54, 1.807) is 11.9 Å². The lowest BCUT2D eigenvalue weighted by molar-refractivity contribution is 0.0727. The number of benzene rings is 1. The van der Waals surface area contributed by atoms with Gasteiger partial charge in [0.05, 0.1) is 0 Å². The average Bonchev–Trinajstić information content (AvgIpc) is 2.60. The zero-order valence-electron chi connectivity index (χ0n) is 16.9. The van der Waals surface area contributed by atoms with Crippen LogP contribution >= 0.6 is 0 Å². The highest BCUT2D eigenvalue weighted by Gasteiger charge is 2.29. The Morgan fingerprint density at radius 1 is 1.25 bits per heavy atom. The Morgan fingerprint density at radius 3 is 2.61 bits per heavy atom. The summed E-state index contributed by atoms with van der Waals surface area (Å²) in [5.74, 6) is 0.819. The van der Waals surface area contributed by atoms with Crippen molar-refractivity contribution in [3.8, 4) is 0 Å². The number of carbonyl (C=O) groups excluding carboxylic acids is 1. The van der Waals surface area contributed by atoms with Crippen LogP contribution in [0.5, 0.6) is 0 Å². The van der Waals surface area contributed by atoms with Crippen LogP contribution in [-0.2, 0) is 13.0 Å². The molecule has 2 aliphatic rings. The minimum Gasteiger partial charge on any atom is -0.427 e. The molecule has 0 saturated heterocycles. The number of nitrogens with zero attached hydrogens (tertiary/aromatic N) is 2. The van der Waals surface area contributed by atoms with Crippen molar-refractivity contribution < 1.29 is 9.21 Å². The Morgan fingerprint density at radius 2 is 1.96 bits per heavy atom. The molecule has 1 aromatic heterocycles. The number of fused-ring (bicyclic) bond motifs is 1. The summed E-state index contributed by atoms with van der Waals surface area (Å²) in [6.45, 7) is 3.29. The Labute approximate surface area is 166 Å². The predicted octanol–water partition coefficient (Wildman–Crippen LogP) is 3.34. The summed E-state index contributed by atoms with van der Waals surface area (Å²) in [6, 6.07) is 10.6. The average molecular weight is 380 g/mol. The molecule has 0 N–H and O–H groups in total. The number of aryl methyl sites for hydroxylation is 1. The number of amides is 1. The third kappa shape index (κ3) is 3.51. The van der Waals surface area contributed by atoms with Crippen molar-refractivity contribution in [2.75, 3.05) is 20.6 Å². The van der Waals surface area contributed by atoms with Gasteiger partial charge in [-0.05, 0) is 56.0 Å². The normalized spacial score (nSPS) is 19.8. The SMILES string of the molecule is Cc1cc(C2CCC2)oc(=O)c1C(=O)N(C)CC1Cc2ccccc2CN1C. The van der Waals surface area contributed by atoms with Crippen LogP contribution in [0.1, 0.15) is 58.0 Å².